The van der Waals surface area contributed by atoms with Crippen molar-refractivity contribution in [2.24, 2.45) is 0 Å². The molecule has 0 aliphatic carbocycles. The van der Waals surface area contributed by atoms with Crippen molar-refractivity contribution < 1.29 is 18.0 Å². The maximum absolute atomic E-state index is 13.1. The number of nitrogens with one attached hydrogen (secondary N) is 2. The molecule has 9 heteroatoms. The molecular formula is C22H29N3O4S2. The summed E-state index contributed by atoms with van der Waals surface area (Å²) in [5, 5.41) is 4.91. The van der Waals surface area contributed by atoms with Gasteiger partial charge in [-0.15, -0.1) is 11.3 Å². The van der Waals surface area contributed by atoms with Crippen molar-refractivity contribution in [1.82, 2.24) is 10.2 Å². The van der Waals surface area contributed by atoms with Gasteiger partial charge in [0.1, 0.15) is 6.04 Å². The average Bonchev–Trinajstić information content (AvgIpc) is 3.20. The molecule has 0 saturated heterocycles. The summed E-state index contributed by atoms with van der Waals surface area (Å²) in [6.45, 7) is 4.98. The van der Waals surface area contributed by atoms with E-state index in [-0.39, 0.29) is 11.7 Å². The van der Waals surface area contributed by atoms with Crippen LogP contribution in [0.25, 0.3) is 0 Å². The van der Waals surface area contributed by atoms with Crippen LogP contribution >= 0.6 is 11.3 Å². The number of hydrogen-bond acceptors (Lipinski definition) is 5. The Hall–Kier alpha value is -2.39. The second kappa shape index (κ2) is 10.3. The van der Waals surface area contributed by atoms with Gasteiger partial charge in [-0.2, -0.15) is 0 Å². The predicted molar refractivity (Wildman–Crippen MR) is 124 cm³/mol. The van der Waals surface area contributed by atoms with Crippen molar-refractivity contribution in [2.45, 2.75) is 52.1 Å². The number of carbonyl (C=O) groups is 2. The predicted octanol–water partition coefficient (Wildman–Crippen LogP) is 3.38. The van der Waals surface area contributed by atoms with E-state index in [1.54, 1.807) is 36.5 Å². The lowest BCUT2D eigenvalue weighted by atomic mass is 10.1. The summed E-state index contributed by atoms with van der Waals surface area (Å²) in [5.41, 5.74) is 1.82. The number of amides is 2. The molecule has 0 radical (unpaired) electrons. The minimum Gasteiger partial charge on any atom is -0.340 e. The Morgan fingerprint density at radius 2 is 2.00 bits per heavy atom. The fourth-order valence-corrected chi connectivity index (χ4v) is 5.68. The van der Waals surface area contributed by atoms with Gasteiger partial charge < -0.3 is 10.2 Å². The normalized spacial score (nSPS) is 14.6. The zero-order valence-electron chi connectivity index (χ0n) is 17.9. The van der Waals surface area contributed by atoms with E-state index in [0.717, 1.165) is 12.8 Å². The minimum atomic E-state index is -3.45. The van der Waals surface area contributed by atoms with Gasteiger partial charge >= 0.3 is 0 Å². The Morgan fingerprint density at radius 1 is 1.19 bits per heavy atom. The Kier molecular flexibility index (Phi) is 7.72. The molecular weight excluding hydrogens is 434 g/mol. The van der Waals surface area contributed by atoms with Crippen LogP contribution < -0.4 is 10.0 Å². The molecule has 168 valence electrons. The highest BCUT2D eigenvalue weighted by Gasteiger charge is 2.28. The largest absolute Gasteiger partial charge is 0.340 e. The SMILES string of the molecule is CCCC(NC(=O)c1cccc(NS(=O)(=O)CCC)c1)C(=O)N1CCc2sccc2C1. The Bertz CT molecular complexity index is 1030. The van der Waals surface area contributed by atoms with E-state index in [4.69, 9.17) is 0 Å². The molecule has 0 spiro atoms. The third-order valence-electron chi connectivity index (χ3n) is 5.17. The summed E-state index contributed by atoms with van der Waals surface area (Å²) in [4.78, 5) is 29.1. The highest BCUT2D eigenvalue weighted by Crippen LogP contribution is 2.24. The summed E-state index contributed by atoms with van der Waals surface area (Å²) in [6.07, 6.45) is 2.64. The summed E-state index contributed by atoms with van der Waals surface area (Å²) >= 11 is 1.72. The van der Waals surface area contributed by atoms with E-state index >= 15 is 0 Å². The smallest absolute Gasteiger partial charge is 0.252 e. The van der Waals surface area contributed by atoms with Gasteiger partial charge in [0.05, 0.1) is 5.75 Å². The number of nitrogens with zero attached hydrogens (tertiary/aromatic N) is 1. The zero-order chi connectivity index (χ0) is 22.4. The quantitative estimate of drug-likeness (QED) is 0.596. The summed E-state index contributed by atoms with van der Waals surface area (Å²) < 4.78 is 26.5. The monoisotopic (exact) mass is 463 g/mol. The van der Waals surface area contributed by atoms with Crippen LogP contribution in [0.1, 0.15) is 53.9 Å². The van der Waals surface area contributed by atoms with Gasteiger partial charge in [0.25, 0.3) is 5.91 Å². The topological polar surface area (TPSA) is 95.6 Å². The van der Waals surface area contributed by atoms with Crippen molar-refractivity contribution >= 4 is 38.9 Å². The third-order valence-corrected chi connectivity index (χ3v) is 7.69. The molecule has 1 aliphatic rings. The van der Waals surface area contributed by atoms with Gasteiger partial charge in [-0.3, -0.25) is 14.3 Å². The van der Waals surface area contributed by atoms with E-state index < -0.39 is 22.0 Å². The van der Waals surface area contributed by atoms with Gasteiger partial charge in [-0.25, -0.2) is 8.42 Å². The molecule has 0 saturated carbocycles. The summed E-state index contributed by atoms with van der Waals surface area (Å²) in [6, 6.07) is 7.77. The standard InChI is InChI=1S/C22H29N3O4S2/c1-3-6-19(22(27)25-11-9-20-17(15-25)10-12-30-20)23-21(26)16-7-5-8-18(14-16)24-31(28,29)13-4-2/h5,7-8,10,12,14,19,24H,3-4,6,9,11,13,15H2,1-2H3,(H,23,26). The number of sulfonamides is 1. The fraction of sp³-hybridized carbons (Fsp3) is 0.455. The second-order valence-electron chi connectivity index (χ2n) is 7.70. The lowest BCUT2D eigenvalue weighted by molar-refractivity contribution is -0.134. The number of fused-ring (bicyclic) bond motifs is 1. The zero-order valence-corrected chi connectivity index (χ0v) is 19.5. The number of carbonyl (C=O) groups excluding carboxylic acids is 2. The number of thiophene rings is 1. The molecule has 2 amide bonds. The van der Waals surface area contributed by atoms with Crippen molar-refractivity contribution in [3.63, 3.8) is 0 Å². The van der Waals surface area contributed by atoms with Crippen LogP contribution in [0.4, 0.5) is 5.69 Å². The molecule has 1 aromatic heterocycles. The van der Waals surface area contributed by atoms with Crippen molar-refractivity contribution in [3.05, 3.63) is 51.7 Å². The molecule has 2 heterocycles. The highest BCUT2D eigenvalue weighted by molar-refractivity contribution is 7.92. The first-order valence-electron chi connectivity index (χ1n) is 10.6. The van der Waals surface area contributed by atoms with Crippen LogP contribution in [0.15, 0.2) is 35.7 Å². The maximum Gasteiger partial charge on any atom is 0.252 e. The van der Waals surface area contributed by atoms with Crippen LogP contribution in [0.3, 0.4) is 0 Å². The maximum atomic E-state index is 13.1. The van der Waals surface area contributed by atoms with Gasteiger partial charge in [0, 0.05) is 29.2 Å². The number of hydrogen-bond donors (Lipinski definition) is 2. The van der Waals surface area contributed by atoms with E-state index in [1.807, 2.05) is 17.2 Å². The average molecular weight is 464 g/mol. The van der Waals surface area contributed by atoms with Crippen LogP contribution in [0, 0.1) is 0 Å². The molecule has 2 N–H and O–H groups in total. The van der Waals surface area contributed by atoms with Crippen molar-refractivity contribution in [2.75, 3.05) is 17.0 Å². The van der Waals surface area contributed by atoms with Gasteiger partial charge in [-0.05, 0) is 54.5 Å². The van der Waals surface area contributed by atoms with Gasteiger partial charge in [0.2, 0.25) is 15.9 Å². The summed E-state index contributed by atoms with van der Waals surface area (Å²) in [7, 11) is -3.45. The minimum absolute atomic E-state index is 0.0121. The van der Waals surface area contributed by atoms with Crippen LogP contribution in [0.5, 0.6) is 0 Å². The summed E-state index contributed by atoms with van der Waals surface area (Å²) in [5.74, 6) is -0.457. The molecule has 31 heavy (non-hydrogen) atoms. The van der Waals surface area contributed by atoms with Crippen LogP contribution in [-0.2, 0) is 27.8 Å². The Morgan fingerprint density at radius 3 is 2.74 bits per heavy atom. The first kappa shape index (κ1) is 23.3. The van der Waals surface area contributed by atoms with Crippen LogP contribution in [0.2, 0.25) is 0 Å². The van der Waals surface area contributed by atoms with Crippen molar-refractivity contribution in [1.29, 1.82) is 0 Å². The molecule has 7 nitrogen and oxygen atoms in total. The Labute approximate surface area is 187 Å². The molecule has 0 fully saturated rings. The molecule has 1 unspecified atom stereocenters. The Balaban J connectivity index is 1.69. The lowest BCUT2D eigenvalue weighted by Crippen LogP contribution is -2.49. The van der Waals surface area contributed by atoms with Gasteiger partial charge in [0.15, 0.2) is 0 Å². The highest BCUT2D eigenvalue weighted by atomic mass is 32.2. The fourth-order valence-electron chi connectivity index (χ4n) is 3.67. The molecule has 2 aromatic rings. The second-order valence-corrected chi connectivity index (χ2v) is 10.5. The van der Waals surface area contributed by atoms with Crippen LogP contribution in [-0.4, -0.2) is 43.5 Å². The molecule has 0 bridgehead atoms. The van der Waals surface area contributed by atoms with E-state index in [2.05, 4.69) is 16.1 Å². The van der Waals surface area contributed by atoms with E-state index in [1.165, 1.54) is 16.5 Å². The van der Waals surface area contributed by atoms with Crippen molar-refractivity contribution in [3.8, 4) is 0 Å². The molecule has 1 atom stereocenters. The van der Waals surface area contributed by atoms with E-state index in [0.29, 0.717) is 37.2 Å². The molecule has 3 rings (SSSR count). The number of anilines is 1. The first-order chi connectivity index (χ1) is 14.8. The van der Waals surface area contributed by atoms with Gasteiger partial charge in [-0.1, -0.05) is 26.3 Å². The van der Waals surface area contributed by atoms with E-state index in [9.17, 15) is 18.0 Å². The third kappa shape index (κ3) is 6.07. The molecule has 1 aliphatic heterocycles. The number of rotatable bonds is 9. The first-order valence-corrected chi connectivity index (χ1v) is 13.1. The molecule has 1 aromatic carbocycles. The number of benzene rings is 1. The lowest BCUT2D eigenvalue weighted by Gasteiger charge is -2.31.